The maximum atomic E-state index is 11.3. The first-order chi connectivity index (χ1) is 4.90. The molecule has 1 N–H and O–H groups in total. The normalized spacial score (nSPS) is 29.8. The number of alkyl halides is 1. The van der Waals surface area contributed by atoms with Crippen molar-refractivity contribution in [3.63, 3.8) is 0 Å². The molecule has 1 saturated carbocycles. The fraction of sp³-hybridized carbons (Fsp3) is 0.875. The van der Waals surface area contributed by atoms with Gasteiger partial charge in [-0.25, -0.2) is 0 Å². The SMILES string of the molecule is CC(C)(C)NC(=O)C1CC1Br. The van der Waals surface area contributed by atoms with E-state index < -0.39 is 0 Å². The molecule has 0 bridgehead atoms. The largest absolute Gasteiger partial charge is 0.351 e. The molecule has 0 aromatic carbocycles. The van der Waals surface area contributed by atoms with Crippen molar-refractivity contribution in [3.05, 3.63) is 0 Å². The van der Waals surface area contributed by atoms with E-state index in [2.05, 4.69) is 21.2 Å². The number of halogens is 1. The quantitative estimate of drug-likeness (QED) is 0.669. The molecule has 1 aliphatic rings. The number of amides is 1. The lowest BCUT2D eigenvalue weighted by Crippen LogP contribution is -2.41. The summed E-state index contributed by atoms with van der Waals surface area (Å²) in [5, 5.41) is 2.94. The van der Waals surface area contributed by atoms with Crippen LogP contribution < -0.4 is 5.32 Å². The van der Waals surface area contributed by atoms with Crippen molar-refractivity contribution >= 4 is 21.8 Å². The van der Waals surface area contributed by atoms with Crippen molar-refractivity contribution < 1.29 is 4.79 Å². The molecule has 1 aliphatic carbocycles. The van der Waals surface area contributed by atoms with E-state index in [1.807, 2.05) is 20.8 Å². The van der Waals surface area contributed by atoms with Crippen molar-refractivity contribution in [2.45, 2.75) is 37.6 Å². The number of rotatable bonds is 1. The highest BCUT2D eigenvalue weighted by Gasteiger charge is 2.41. The molecule has 0 heterocycles. The van der Waals surface area contributed by atoms with Gasteiger partial charge in [0, 0.05) is 10.4 Å². The summed E-state index contributed by atoms with van der Waals surface area (Å²) in [6, 6.07) is 0. The molecule has 2 atom stereocenters. The lowest BCUT2D eigenvalue weighted by atomic mass is 10.1. The van der Waals surface area contributed by atoms with Gasteiger partial charge in [-0.2, -0.15) is 0 Å². The lowest BCUT2D eigenvalue weighted by molar-refractivity contribution is -0.123. The zero-order valence-corrected chi connectivity index (χ0v) is 8.73. The van der Waals surface area contributed by atoms with Gasteiger partial charge in [0.1, 0.15) is 0 Å². The molecule has 1 amide bonds. The van der Waals surface area contributed by atoms with E-state index in [-0.39, 0.29) is 17.4 Å². The highest BCUT2D eigenvalue weighted by atomic mass is 79.9. The van der Waals surface area contributed by atoms with Crippen molar-refractivity contribution in [2.24, 2.45) is 5.92 Å². The van der Waals surface area contributed by atoms with Crippen LogP contribution in [0.2, 0.25) is 0 Å². The molecule has 1 rings (SSSR count). The Morgan fingerprint density at radius 3 is 2.27 bits per heavy atom. The fourth-order valence-corrected chi connectivity index (χ4v) is 1.54. The zero-order valence-electron chi connectivity index (χ0n) is 7.15. The Morgan fingerprint density at radius 1 is 1.55 bits per heavy atom. The average Bonchev–Trinajstić information content (AvgIpc) is 2.41. The Balaban J connectivity index is 2.33. The summed E-state index contributed by atoms with van der Waals surface area (Å²) >= 11 is 3.40. The van der Waals surface area contributed by atoms with Gasteiger partial charge < -0.3 is 5.32 Å². The molecular weight excluding hydrogens is 206 g/mol. The van der Waals surface area contributed by atoms with E-state index in [0.29, 0.717) is 4.83 Å². The maximum absolute atomic E-state index is 11.3. The predicted molar refractivity (Wildman–Crippen MR) is 48.7 cm³/mol. The van der Waals surface area contributed by atoms with Crippen LogP contribution in [0.15, 0.2) is 0 Å². The van der Waals surface area contributed by atoms with Crippen molar-refractivity contribution in [1.82, 2.24) is 5.32 Å². The number of hydrogen-bond acceptors (Lipinski definition) is 1. The van der Waals surface area contributed by atoms with E-state index in [1.54, 1.807) is 0 Å². The van der Waals surface area contributed by atoms with Crippen LogP contribution in [-0.4, -0.2) is 16.3 Å². The topological polar surface area (TPSA) is 29.1 Å². The Morgan fingerprint density at radius 2 is 2.00 bits per heavy atom. The number of carbonyl (C=O) groups is 1. The molecule has 0 aromatic heterocycles. The number of nitrogens with one attached hydrogen (secondary N) is 1. The Hall–Kier alpha value is -0.0500. The van der Waals surface area contributed by atoms with Crippen molar-refractivity contribution in [3.8, 4) is 0 Å². The third kappa shape index (κ3) is 2.81. The average molecular weight is 220 g/mol. The van der Waals surface area contributed by atoms with E-state index in [1.165, 1.54) is 0 Å². The summed E-state index contributed by atoms with van der Waals surface area (Å²) in [6.07, 6.45) is 0.988. The second-order valence-corrected chi connectivity index (χ2v) is 5.27. The van der Waals surface area contributed by atoms with Crippen molar-refractivity contribution in [2.75, 3.05) is 0 Å². The van der Waals surface area contributed by atoms with Crippen LogP contribution in [0.25, 0.3) is 0 Å². The summed E-state index contributed by atoms with van der Waals surface area (Å²) in [7, 11) is 0. The van der Waals surface area contributed by atoms with Gasteiger partial charge >= 0.3 is 0 Å². The molecular formula is C8H14BrNO. The van der Waals surface area contributed by atoms with Gasteiger partial charge in [-0.1, -0.05) is 15.9 Å². The van der Waals surface area contributed by atoms with Gasteiger partial charge in [-0.3, -0.25) is 4.79 Å². The second-order valence-electron chi connectivity index (χ2n) is 4.10. The molecule has 64 valence electrons. The standard InChI is InChI=1S/C8H14BrNO/c1-8(2,3)10-7(11)5-4-6(5)9/h5-6H,4H2,1-3H3,(H,10,11). The minimum atomic E-state index is -0.0909. The number of hydrogen-bond donors (Lipinski definition) is 1. The van der Waals surface area contributed by atoms with Gasteiger partial charge in [0.2, 0.25) is 5.91 Å². The minimum Gasteiger partial charge on any atom is -0.351 e. The Bertz CT molecular complexity index is 173. The molecule has 11 heavy (non-hydrogen) atoms. The number of carbonyl (C=O) groups excluding carboxylic acids is 1. The van der Waals surface area contributed by atoms with Gasteiger partial charge in [0.25, 0.3) is 0 Å². The third-order valence-electron chi connectivity index (χ3n) is 1.55. The van der Waals surface area contributed by atoms with Crippen LogP contribution >= 0.6 is 15.9 Å². The summed E-state index contributed by atoms with van der Waals surface area (Å²) in [5.41, 5.74) is -0.0909. The van der Waals surface area contributed by atoms with E-state index in [0.717, 1.165) is 6.42 Å². The summed E-state index contributed by atoms with van der Waals surface area (Å²) in [6.45, 7) is 5.99. The fourth-order valence-electron chi connectivity index (χ4n) is 0.898. The molecule has 0 aromatic rings. The van der Waals surface area contributed by atoms with E-state index in [4.69, 9.17) is 0 Å². The summed E-state index contributed by atoms with van der Waals surface area (Å²) in [4.78, 5) is 11.7. The van der Waals surface area contributed by atoms with Gasteiger partial charge in [-0.15, -0.1) is 0 Å². The highest BCUT2D eigenvalue weighted by Crippen LogP contribution is 2.37. The first kappa shape index (κ1) is 9.04. The lowest BCUT2D eigenvalue weighted by Gasteiger charge is -2.20. The molecule has 1 fully saturated rings. The Labute approximate surface area is 75.9 Å². The highest BCUT2D eigenvalue weighted by molar-refractivity contribution is 9.09. The molecule has 2 nitrogen and oxygen atoms in total. The maximum Gasteiger partial charge on any atom is 0.224 e. The van der Waals surface area contributed by atoms with Crippen LogP contribution in [0.4, 0.5) is 0 Å². The van der Waals surface area contributed by atoms with Crippen LogP contribution in [0.3, 0.4) is 0 Å². The van der Waals surface area contributed by atoms with Gasteiger partial charge in [0.15, 0.2) is 0 Å². The molecule has 0 spiro atoms. The predicted octanol–water partition coefficient (Wildman–Crippen LogP) is 1.68. The molecule has 3 heteroatoms. The summed E-state index contributed by atoms with van der Waals surface area (Å²) in [5.74, 6) is 0.397. The van der Waals surface area contributed by atoms with Crippen LogP contribution in [0, 0.1) is 5.92 Å². The monoisotopic (exact) mass is 219 g/mol. The van der Waals surface area contributed by atoms with Crippen LogP contribution in [-0.2, 0) is 4.79 Å². The first-order valence-corrected chi connectivity index (χ1v) is 4.78. The minimum absolute atomic E-state index is 0.0909. The van der Waals surface area contributed by atoms with Crippen LogP contribution in [0.1, 0.15) is 27.2 Å². The smallest absolute Gasteiger partial charge is 0.224 e. The van der Waals surface area contributed by atoms with Gasteiger partial charge in [0.05, 0.1) is 5.92 Å². The molecule has 0 radical (unpaired) electrons. The third-order valence-corrected chi connectivity index (χ3v) is 2.56. The van der Waals surface area contributed by atoms with E-state index in [9.17, 15) is 4.79 Å². The molecule has 0 saturated heterocycles. The summed E-state index contributed by atoms with van der Waals surface area (Å²) < 4.78 is 0. The van der Waals surface area contributed by atoms with E-state index >= 15 is 0 Å². The molecule has 2 unspecified atom stereocenters. The Kier molecular flexibility index (Phi) is 2.28. The first-order valence-electron chi connectivity index (χ1n) is 3.86. The zero-order chi connectivity index (χ0) is 8.65. The van der Waals surface area contributed by atoms with Crippen molar-refractivity contribution in [1.29, 1.82) is 0 Å². The second kappa shape index (κ2) is 2.77. The molecule has 0 aliphatic heterocycles. The van der Waals surface area contributed by atoms with Gasteiger partial charge in [-0.05, 0) is 27.2 Å². The van der Waals surface area contributed by atoms with Crippen LogP contribution in [0.5, 0.6) is 0 Å².